The van der Waals surface area contributed by atoms with Crippen molar-refractivity contribution in [3.8, 4) is 16.9 Å². The summed E-state index contributed by atoms with van der Waals surface area (Å²) in [6.45, 7) is 1.94. The summed E-state index contributed by atoms with van der Waals surface area (Å²) in [6.07, 6.45) is 6.01. The average Bonchev–Trinajstić information content (AvgIpc) is 2.79. The Bertz CT molecular complexity index is 1100. The normalized spacial score (nSPS) is 10.0. The van der Waals surface area contributed by atoms with Crippen LogP contribution >= 0.6 is 0 Å². The first-order valence-electron chi connectivity index (χ1n) is 9.24. The first-order chi connectivity index (χ1) is 14.2. The number of anilines is 1. The summed E-state index contributed by atoms with van der Waals surface area (Å²) in [5.74, 6) is 0.880. The van der Waals surface area contributed by atoms with Crippen LogP contribution in [0.1, 0.15) is 15.9 Å². The van der Waals surface area contributed by atoms with Crippen molar-refractivity contribution in [2.45, 2.75) is 6.92 Å². The van der Waals surface area contributed by atoms with Gasteiger partial charge in [0, 0.05) is 42.2 Å². The van der Waals surface area contributed by atoms with Crippen molar-refractivity contribution in [1.82, 2.24) is 9.97 Å². The minimum absolute atomic E-state index is 0.624. The molecule has 0 aliphatic carbocycles. The van der Waals surface area contributed by atoms with Crippen molar-refractivity contribution in [1.29, 1.82) is 0 Å². The second-order valence-electron chi connectivity index (χ2n) is 6.35. The summed E-state index contributed by atoms with van der Waals surface area (Å²) in [4.78, 5) is 19.5. The molecule has 0 unspecified atom stereocenters. The van der Waals surface area contributed by atoms with E-state index in [-0.39, 0.29) is 0 Å². The van der Waals surface area contributed by atoms with E-state index in [1.165, 1.54) is 0 Å². The number of hydrogen-bond acceptors (Lipinski definition) is 5. The quantitative estimate of drug-likeness (QED) is 0.492. The van der Waals surface area contributed by atoms with Gasteiger partial charge in [0.25, 0.3) is 0 Å². The van der Waals surface area contributed by atoms with Gasteiger partial charge in [-0.05, 0) is 42.3 Å². The van der Waals surface area contributed by atoms with Crippen LogP contribution in [0.3, 0.4) is 0 Å². The zero-order valence-electron chi connectivity index (χ0n) is 16.7. The number of para-hydroxylation sites is 2. The smallest absolute Gasteiger partial charge is 0.151 e. The molecule has 4 rings (SSSR count). The second-order valence-corrected chi connectivity index (χ2v) is 6.35. The molecule has 0 saturated carbocycles. The van der Waals surface area contributed by atoms with E-state index in [1.54, 1.807) is 25.7 Å². The summed E-state index contributed by atoms with van der Waals surface area (Å²) in [6, 6.07) is 17.7. The highest BCUT2D eigenvalue weighted by Gasteiger charge is 2.09. The Balaban J connectivity index is 0.000000204. The highest BCUT2D eigenvalue weighted by Crippen LogP contribution is 2.30. The maximum Gasteiger partial charge on any atom is 0.151 e. The molecule has 5 heteroatoms. The molecular weight excluding hydrogens is 362 g/mol. The third-order valence-electron chi connectivity index (χ3n) is 4.69. The van der Waals surface area contributed by atoms with Crippen LogP contribution in [0.2, 0.25) is 0 Å². The molecular formula is C24H23N3O2. The van der Waals surface area contributed by atoms with Crippen molar-refractivity contribution < 1.29 is 9.53 Å². The molecule has 0 atom stereocenters. The molecule has 146 valence electrons. The summed E-state index contributed by atoms with van der Waals surface area (Å²) < 4.78 is 5.07. The van der Waals surface area contributed by atoms with Crippen molar-refractivity contribution in [3.05, 3.63) is 84.3 Å². The van der Waals surface area contributed by atoms with Gasteiger partial charge in [0.1, 0.15) is 5.75 Å². The summed E-state index contributed by atoms with van der Waals surface area (Å²) >= 11 is 0. The Morgan fingerprint density at radius 1 is 0.966 bits per heavy atom. The number of ether oxygens (including phenoxy) is 1. The van der Waals surface area contributed by atoms with Crippen molar-refractivity contribution in [2.75, 3.05) is 19.5 Å². The Labute approximate surface area is 170 Å². The molecule has 4 aromatic rings. The first-order valence-corrected chi connectivity index (χ1v) is 9.24. The van der Waals surface area contributed by atoms with E-state index in [9.17, 15) is 4.79 Å². The number of methoxy groups -OCH3 is 1. The van der Waals surface area contributed by atoms with Gasteiger partial charge in [-0.15, -0.1) is 0 Å². The fourth-order valence-electron chi connectivity index (χ4n) is 3.12. The Kier molecular flexibility index (Phi) is 6.53. The number of pyridine rings is 2. The molecule has 5 nitrogen and oxygen atoms in total. The number of aldehydes is 1. The van der Waals surface area contributed by atoms with E-state index in [1.807, 2.05) is 68.6 Å². The molecule has 29 heavy (non-hydrogen) atoms. The standard InChI is InChI=1S/C16H12N2O.C8H11NO/c1-11-12(10-19)8-17-9-15(11)13-4-2-6-16-14(13)5-3-7-18-16;1-9-7-5-3-4-6-8(7)10-2/h2-10H,1H3;3-6,9H,1-2H3. The molecule has 0 amide bonds. The molecule has 0 fully saturated rings. The minimum atomic E-state index is 0.624. The van der Waals surface area contributed by atoms with Crippen LogP contribution in [0.15, 0.2) is 73.2 Å². The predicted octanol–water partition coefficient (Wildman–Crippen LogP) is 5.15. The molecule has 0 aliphatic rings. The summed E-state index contributed by atoms with van der Waals surface area (Å²) in [7, 11) is 3.54. The lowest BCUT2D eigenvalue weighted by molar-refractivity contribution is 0.112. The van der Waals surface area contributed by atoms with Gasteiger partial charge >= 0.3 is 0 Å². The van der Waals surface area contributed by atoms with E-state index in [0.29, 0.717) is 5.56 Å². The van der Waals surface area contributed by atoms with Crippen molar-refractivity contribution >= 4 is 22.9 Å². The Morgan fingerprint density at radius 2 is 1.79 bits per heavy atom. The number of fused-ring (bicyclic) bond motifs is 1. The molecule has 0 aliphatic heterocycles. The molecule has 2 heterocycles. The van der Waals surface area contributed by atoms with Crippen LogP contribution in [-0.4, -0.2) is 30.4 Å². The van der Waals surface area contributed by atoms with Gasteiger partial charge in [-0.1, -0.05) is 30.3 Å². The van der Waals surface area contributed by atoms with Gasteiger partial charge in [0.05, 0.1) is 18.3 Å². The minimum Gasteiger partial charge on any atom is -0.495 e. The highest BCUT2D eigenvalue weighted by atomic mass is 16.5. The number of aromatic nitrogens is 2. The SMILES string of the molecule is CNc1ccccc1OC.Cc1c(C=O)cncc1-c1cccc2ncccc12. The Morgan fingerprint density at radius 3 is 2.52 bits per heavy atom. The number of carbonyl (C=O) groups is 1. The molecule has 0 saturated heterocycles. The number of rotatable bonds is 4. The largest absolute Gasteiger partial charge is 0.495 e. The van der Waals surface area contributed by atoms with Crippen LogP contribution in [0.5, 0.6) is 5.75 Å². The Hall–Kier alpha value is -3.73. The number of nitrogens with one attached hydrogen (secondary N) is 1. The number of carbonyl (C=O) groups excluding carboxylic acids is 1. The number of benzene rings is 2. The van der Waals surface area contributed by atoms with Crippen LogP contribution in [0.25, 0.3) is 22.0 Å². The van der Waals surface area contributed by atoms with E-state index in [2.05, 4.69) is 15.3 Å². The maximum absolute atomic E-state index is 11.0. The van der Waals surface area contributed by atoms with Gasteiger partial charge < -0.3 is 10.1 Å². The van der Waals surface area contributed by atoms with E-state index in [0.717, 1.165) is 45.3 Å². The third-order valence-corrected chi connectivity index (χ3v) is 4.69. The monoisotopic (exact) mass is 385 g/mol. The maximum atomic E-state index is 11.0. The number of nitrogens with zero attached hydrogens (tertiary/aromatic N) is 2. The number of hydrogen-bond donors (Lipinski definition) is 1. The van der Waals surface area contributed by atoms with Gasteiger partial charge in [0.15, 0.2) is 6.29 Å². The van der Waals surface area contributed by atoms with Crippen LogP contribution in [0.4, 0.5) is 5.69 Å². The lowest BCUT2D eigenvalue weighted by Crippen LogP contribution is -1.93. The highest BCUT2D eigenvalue weighted by molar-refractivity contribution is 5.96. The van der Waals surface area contributed by atoms with Crippen LogP contribution in [-0.2, 0) is 0 Å². The van der Waals surface area contributed by atoms with E-state index in [4.69, 9.17) is 4.74 Å². The van der Waals surface area contributed by atoms with E-state index >= 15 is 0 Å². The van der Waals surface area contributed by atoms with Crippen LogP contribution < -0.4 is 10.1 Å². The molecule has 0 spiro atoms. The zero-order chi connectivity index (χ0) is 20.6. The second kappa shape index (κ2) is 9.46. The molecule has 2 aromatic heterocycles. The summed E-state index contributed by atoms with van der Waals surface area (Å²) in [5.41, 5.74) is 5.56. The average molecular weight is 385 g/mol. The van der Waals surface area contributed by atoms with Gasteiger partial charge in [-0.2, -0.15) is 0 Å². The van der Waals surface area contributed by atoms with Gasteiger partial charge in [-0.3, -0.25) is 14.8 Å². The van der Waals surface area contributed by atoms with Crippen molar-refractivity contribution in [2.24, 2.45) is 0 Å². The first kappa shape index (κ1) is 20.0. The zero-order valence-corrected chi connectivity index (χ0v) is 16.7. The fourth-order valence-corrected chi connectivity index (χ4v) is 3.12. The van der Waals surface area contributed by atoms with Crippen molar-refractivity contribution in [3.63, 3.8) is 0 Å². The molecule has 1 N–H and O–H groups in total. The lowest BCUT2D eigenvalue weighted by Gasteiger charge is -2.10. The fraction of sp³-hybridized carbons (Fsp3) is 0.125. The third kappa shape index (κ3) is 4.41. The van der Waals surface area contributed by atoms with E-state index < -0.39 is 0 Å². The molecule has 0 bridgehead atoms. The summed E-state index contributed by atoms with van der Waals surface area (Å²) in [5, 5.41) is 4.09. The predicted molar refractivity (Wildman–Crippen MR) is 118 cm³/mol. The topological polar surface area (TPSA) is 64.1 Å². The van der Waals surface area contributed by atoms with Crippen LogP contribution in [0, 0.1) is 6.92 Å². The lowest BCUT2D eigenvalue weighted by atomic mass is 9.96. The molecule has 0 radical (unpaired) electrons. The van der Waals surface area contributed by atoms with Gasteiger partial charge in [-0.25, -0.2) is 0 Å². The molecule has 2 aromatic carbocycles. The van der Waals surface area contributed by atoms with Gasteiger partial charge in [0.2, 0.25) is 0 Å².